The van der Waals surface area contributed by atoms with Crippen LogP contribution in [0.1, 0.15) is 16.1 Å². The summed E-state index contributed by atoms with van der Waals surface area (Å²) in [5.41, 5.74) is 1.03. The van der Waals surface area contributed by atoms with Crippen molar-refractivity contribution in [3.8, 4) is 11.3 Å². The topological polar surface area (TPSA) is 62.5 Å². The lowest BCUT2D eigenvalue weighted by Gasteiger charge is -1.99. The zero-order chi connectivity index (χ0) is 12.3. The van der Waals surface area contributed by atoms with E-state index in [-0.39, 0.29) is 18.0 Å². The Morgan fingerprint density at radius 2 is 2.11 bits per heavy atom. The summed E-state index contributed by atoms with van der Waals surface area (Å²) in [7, 11) is 1.84. The van der Waals surface area contributed by atoms with Gasteiger partial charge in [-0.05, 0) is 31.3 Å². The molecule has 0 aliphatic carbocycles. The van der Waals surface area contributed by atoms with Crippen LogP contribution in [0.25, 0.3) is 11.3 Å². The molecule has 0 fully saturated rings. The van der Waals surface area contributed by atoms with Crippen molar-refractivity contribution in [3.63, 3.8) is 0 Å². The van der Waals surface area contributed by atoms with Gasteiger partial charge >= 0.3 is 5.97 Å². The molecule has 0 unspecified atom stereocenters. The number of hydrogen-bond acceptors (Lipinski definition) is 3. The Labute approximate surface area is 111 Å². The highest BCUT2D eigenvalue weighted by atomic mass is 35.5. The van der Waals surface area contributed by atoms with Gasteiger partial charge in [-0.25, -0.2) is 4.79 Å². The van der Waals surface area contributed by atoms with Gasteiger partial charge in [-0.2, -0.15) is 0 Å². The van der Waals surface area contributed by atoms with Crippen molar-refractivity contribution < 1.29 is 14.3 Å². The summed E-state index contributed by atoms with van der Waals surface area (Å²) in [4.78, 5) is 10.9. The molecule has 0 amide bonds. The fraction of sp³-hybridized carbons (Fsp3) is 0.154. The van der Waals surface area contributed by atoms with Gasteiger partial charge < -0.3 is 14.8 Å². The van der Waals surface area contributed by atoms with E-state index in [1.165, 1.54) is 0 Å². The number of benzene rings is 1. The average molecular weight is 268 g/mol. The third kappa shape index (κ3) is 3.12. The minimum Gasteiger partial charge on any atom is -0.478 e. The van der Waals surface area contributed by atoms with Gasteiger partial charge in [0, 0.05) is 5.56 Å². The average Bonchev–Trinajstić information content (AvgIpc) is 2.78. The van der Waals surface area contributed by atoms with E-state index in [1.54, 1.807) is 18.2 Å². The normalized spacial score (nSPS) is 9.83. The fourth-order valence-electron chi connectivity index (χ4n) is 1.61. The first-order valence-corrected chi connectivity index (χ1v) is 5.28. The van der Waals surface area contributed by atoms with Crippen LogP contribution in [0.2, 0.25) is 0 Å². The predicted molar refractivity (Wildman–Crippen MR) is 71.1 cm³/mol. The molecule has 0 aliphatic rings. The van der Waals surface area contributed by atoms with Gasteiger partial charge in [-0.3, -0.25) is 0 Å². The van der Waals surface area contributed by atoms with Crippen molar-refractivity contribution in [3.05, 3.63) is 47.7 Å². The molecule has 1 heterocycles. The number of aromatic carboxylic acids is 1. The number of carboxylic acid groups (broad SMARTS) is 1. The van der Waals surface area contributed by atoms with Crippen LogP contribution in [0.4, 0.5) is 0 Å². The van der Waals surface area contributed by atoms with Crippen LogP contribution in [0.15, 0.2) is 40.8 Å². The second-order valence-corrected chi connectivity index (χ2v) is 3.68. The fourth-order valence-corrected chi connectivity index (χ4v) is 1.61. The number of halogens is 1. The van der Waals surface area contributed by atoms with E-state index in [9.17, 15) is 4.79 Å². The number of hydrogen-bond donors (Lipinski definition) is 2. The van der Waals surface area contributed by atoms with Crippen LogP contribution in [-0.4, -0.2) is 18.1 Å². The molecule has 0 spiro atoms. The molecule has 2 N–H and O–H groups in total. The monoisotopic (exact) mass is 267 g/mol. The zero-order valence-electron chi connectivity index (χ0n) is 9.84. The molecule has 0 aliphatic heterocycles. The lowest BCUT2D eigenvalue weighted by molar-refractivity contribution is 0.0697. The predicted octanol–water partition coefficient (Wildman–Crippen LogP) is 2.79. The minimum absolute atomic E-state index is 0. The molecule has 2 rings (SSSR count). The van der Waals surface area contributed by atoms with E-state index in [1.807, 2.05) is 25.2 Å². The number of nitrogens with one attached hydrogen (secondary N) is 1. The van der Waals surface area contributed by atoms with Gasteiger partial charge in [-0.1, -0.05) is 12.1 Å². The lowest BCUT2D eigenvalue weighted by atomic mass is 10.1. The summed E-state index contributed by atoms with van der Waals surface area (Å²) >= 11 is 0. The maximum atomic E-state index is 10.9. The molecule has 0 saturated carbocycles. The Balaban J connectivity index is 0.00000162. The highest BCUT2D eigenvalue weighted by Crippen LogP contribution is 2.23. The maximum absolute atomic E-state index is 10.9. The molecule has 0 radical (unpaired) electrons. The molecule has 0 atom stereocenters. The summed E-state index contributed by atoms with van der Waals surface area (Å²) in [5.74, 6) is 0.565. The smallest absolute Gasteiger partial charge is 0.335 e. The standard InChI is InChI=1S/C13H13NO3.ClH/c1-14-8-11-5-6-12(17-11)9-3-2-4-10(7-9)13(15)16;/h2-7,14H,8H2,1H3,(H,15,16);1H. The highest BCUT2D eigenvalue weighted by Gasteiger charge is 2.07. The van der Waals surface area contributed by atoms with Gasteiger partial charge in [0.05, 0.1) is 12.1 Å². The van der Waals surface area contributed by atoms with Gasteiger partial charge in [-0.15, -0.1) is 12.4 Å². The van der Waals surface area contributed by atoms with E-state index in [0.717, 1.165) is 11.3 Å². The van der Waals surface area contributed by atoms with Crippen LogP contribution in [0.5, 0.6) is 0 Å². The van der Waals surface area contributed by atoms with E-state index in [4.69, 9.17) is 9.52 Å². The summed E-state index contributed by atoms with van der Waals surface area (Å²) in [6.45, 7) is 0.651. The lowest BCUT2D eigenvalue weighted by Crippen LogP contribution is -2.03. The van der Waals surface area contributed by atoms with Crippen LogP contribution in [-0.2, 0) is 6.54 Å². The number of carbonyl (C=O) groups is 1. The van der Waals surface area contributed by atoms with Gasteiger partial charge in [0.2, 0.25) is 0 Å². The number of carboxylic acids is 1. The van der Waals surface area contributed by atoms with Crippen molar-refractivity contribution >= 4 is 18.4 Å². The Kier molecular flexibility index (Phi) is 4.95. The van der Waals surface area contributed by atoms with E-state index in [0.29, 0.717) is 12.3 Å². The third-order valence-electron chi connectivity index (χ3n) is 2.41. The summed E-state index contributed by atoms with van der Waals surface area (Å²) in [5, 5.41) is 11.9. The van der Waals surface area contributed by atoms with Gasteiger partial charge in [0.1, 0.15) is 11.5 Å². The highest BCUT2D eigenvalue weighted by molar-refractivity contribution is 5.89. The second-order valence-electron chi connectivity index (χ2n) is 3.68. The van der Waals surface area contributed by atoms with Crippen LogP contribution >= 0.6 is 12.4 Å². The molecular formula is C13H14ClNO3. The van der Waals surface area contributed by atoms with E-state index in [2.05, 4.69) is 5.32 Å². The Hall–Kier alpha value is -1.78. The minimum atomic E-state index is -0.936. The molecule has 2 aromatic rings. The molecule has 4 nitrogen and oxygen atoms in total. The SMILES string of the molecule is CNCc1ccc(-c2cccc(C(=O)O)c2)o1.Cl. The van der Waals surface area contributed by atoms with E-state index < -0.39 is 5.97 Å². The van der Waals surface area contributed by atoms with Crippen molar-refractivity contribution in [2.24, 2.45) is 0 Å². The third-order valence-corrected chi connectivity index (χ3v) is 2.41. The molecule has 1 aromatic carbocycles. The zero-order valence-corrected chi connectivity index (χ0v) is 10.7. The van der Waals surface area contributed by atoms with Gasteiger partial charge in [0.15, 0.2) is 0 Å². The first-order valence-electron chi connectivity index (χ1n) is 5.28. The Bertz CT molecular complexity index is 537. The largest absolute Gasteiger partial charge is 0.478 e. The molecule has 96 valence electrons. The molecule has 5 heteroatoms. The first kappa shape index (κ1) is 14.3. The molecule has 0 bridgehead atoms. The van der Waals surface area contributed by atoms with E-state index >= 15 is 0 Å². The van der Waals surface area contributed by atoms with Crippen LogP contribution in [0, 0.1) is 0 Å². The quantitative estimate of drug-likeness (QED) is 0.894. The molecular weight excluding hydrogens is 254 g/mol. The number of furan rings is 1. The molecule has 18 heavy (non-hydrogen) atoms. The molecule has 1 aromatic heterocycles. The first-order chi connectivity index (χ1) is 8.20. The maximum Gasteiger partial charge on any atom is 0.335 e. The number of rotatable bonds is 4. The van der Waals surface area contributed by atoms with Gasteiger partial charge in [0.25, 0.3) is 0 Å². The summed E-state index contributed by atoms with van der Waals surface area (Å²) in [6, 6.07) is 10.4. The summed E-state index contributed by atoms with van der Waals surface area (Å²) in [6.07, 6.45) is 0. The summed E-state index contributed by atoms with van der Waals surface area (Å²) < 4.78 is 5.59. The Morgan fingerprint density at radius 3 is 2.78 bits per heavy atom. The van der Waals surface area contributed by atoms with Crippen molar-refractivity contribution in [2.45, 2.75) is 6.54 Å². The van der Waals surface area contributed by atoms with Crippen molar-refractivity contribution in [1.29, 1.82) is 0 Å². The van der Waals surface area contributed by atoms with Crippen molar-refractivity contribution in [2.75, 3.05) is 7.05 Å². The molecule has 0 saturated heterocycles. The Morgan fingerprint density at radius 1 is 1.33 bits per heavy atom. The second kappa shape index (κ2) is 6.23. The van der Waals surface area contributed by atoms with Crippen molar-refractivity contribution in [1.82, 2.24) is 5.32 Å². The van der Waals surface area contributed by atoms with Crippen LogP contribution < -0.4 is 5.32 Å². The van der Waals surface area contributed by atoms with Crippen LogP contribution in [0.3, 0.4) is 0 Å².